The predicted octanol–water partition coefficient (Wildman–Crippen LogP) is 6.15. The SMILES string of the molecule is Cc1ccc(/C(=C(/Cl)c2ccccc2)c2ccccc2)cc1. The lowest BCUT2D eigenvalue weighted by Crippen LogP contribution is -1.91. The maximum absolute atomic E-state index is 6.76. The number of rotatable bonds is 3. The number of hydrogen-bond acceptors (Lipinski definition) is 0. The summed E-state index contributed by atoms with van der Waals surface area (Å²) >= 11 is 6.76. The molecule has 0 saturated carbocycles. The summed E-state index contributed by atoms with van der Waals surface area (Å²) < 4.78 is 0. The second-order valence-electron chi connectivity index (χ2n) is 5.29. The number of benzene rings is 3. The van der Waals surface area contributed by atoms with Crippen molar-refractivity contribution in [3.05, 3.63) is 107 Å². The van der Waals surface area contributed by atoms with E-state index in [0.717, 1.165) is 27.3 Å². The number of hydrogen-bond donors (Lipinski definition) is 0. The maximum Gasteiger partial charge on any atom is 0.0562 e. The van der Waals surface area contributed by atoms with E-state index in [4.69, 9.17) is 11.6 Å². The topological polar surface area (TPSA) is 0 Å². The first kappa shape index (κ1) is 14.6. The molecule has 0 spiro atoms. The maximum atomic E-state index is 6.76. The molecule has 3 rings (SSSR count). The third-order valence-electron chi connectivity index (χ3n) is 3.65. The molecule has 0 radical (unpaired) electrons. The molecule has 0 amide bonds. The van der Waals surface area contributed by atoms with Gasteiger partial charge in [-0.15, -0.1) is 0 Å². The summed E-state index contributed by atoms with van der Waals surface area (Å²) in [5.41, 5.74) is 5.59. The van der Waals surface area contributed by atoms with Crippen molar-refractivity contribution < 1.29 is 0 Å². The largest absolute Gasteiger partial charge is 0.0830 e. The summed E-state index contributed by atoms with van der Waals surface area (Å²) in [6.45, 7) is 2.09. The number of aryl methyl sites for hydroxylation is 1. The molecule has 0 aliphatic rings. The van der Waals surface area contributed by atoms with E-state index in [2.05, 4.69) is 43.3 Å². The van der Waals surface area contributed by atoms with Crippen molar-refractivity contribution in [1.29, 1.82) is 0 Å². The van der Waals surface area contributed by atoms with Crippen LogP contribution in [0.5, 0.6) is 0 Å². The van der Waals surface area contributed by atoms with Crippen LogP contribution in [-0.4, -0.2) is 0 Å². The van der Waals surface area contributed by atoms with Crippen molar-refractivity contribution in [2.45, 2.75) is 6.92 Å². The molecule has 0 heterocycles. The highest BCUT2D eigenvalue weighted by Gasteiger charge is 2.11. The van der Waals surface area contributed by atoms with Gasteiger partial charge in [-0.05, 0) is 23.6 Å². The fourth-order valence-electron chi connectivity index (χ4n) is 2.47. The number of halogens is 1. The van der Waals surface area contributed by atoms with Crippen molar-refractivity contribution in [2.75, 3.05) is 0 Å². The van der Waals surface area contributed by atoms with Gasteiger partial charge in [-0.3, -0.25) is 0 Å². The van der Waals surface area contributed by atoms with Crippen molar-refractivity contribution in [2.24, 2.45) is 0 Å². The van der Waals surface area contributed by atoms with E-state index in [1.54, 1.807) is 0 Å². The molecular weight excluding hydrogens is 288 g/mol. The van der Waals surface area contributed by atoms with Gasteiger partial charge in [0.2, 0.25) is 0 Å². The normalized spacial score (nSPS) is 11.9. The minimum atomic E-state index is 0.774. The Morgan fingerprint density at radius 2 is 1.05 bits per heavy atom. The van der Waals surface area contributed by atoms with Crippen LogP contribution in [0.15, 0.2) is 84.9 Å². The predicted molar refractivity (Wildman–Crippen MR) is 95.8 cm³/mol. The molecule has 108 valence electrons. The standard InChI is InChI=1S/C21H17Cl/c1-16-12-14-18(15-13-16)20(17-8-4-2-5-9-17)21(22)19-10-6-3-7-11-19/h2-15H,1H3/b21-20+. The smallest absolute Gasteiger partial charge is 0.0562 e. The van der Waals surface area contributed by atoms with Crippen LogP contribution in [0.4, 0.5) is 0 Å². The molecule has 0 atom stereocenters. The van der Waals surface area contributed by atoms with Crippen LogP contribution in [0.1, 0.15) is 22.3 Å². The lowest BCUT2D eigenvalue weighted by molar-refractivity contribution is 1.45. The molecule has 0 unspecified atom stereocenters. The minimum Gasteiger partial charge on any atom is -0.0830 e. The zero-order valence-electron chi connectivity index (χ0n) is 12.5. The van der Waals surface area contributed by atoms with Gasteiger partial charge in [0.1, 0.15) is 0 Å². The van der Waals surface area contributed by atoms with Gasteiger partial charge < -0.3 is 0 Å². The van der Waals surface area contributed by atoms with E-state index < -0.39 is 0 Å². The highest BCUT2D eigenvalue weighted by molar-refractivity contribution is 6.53. The molecule has 3 aromatic carbocycles. The second kappa shape index (κ2) is 6.64. The van der Waals surface area contributed by atoms with Crippen LogP contribution < -0.4 is 0 Å². The Hall–Kier alpha value is -2.31. The van der Waals surface area contributed by atoms with Gasteiger partial charge in [0.15, 0.2) is 0 Å². The van der Waals surface area contributed by atoms with Gasteiger partial charge in [-0.1, -0.05) is 102 Å². The highest BCUT2D eigenvalue weighted by atomic mass is 35.5. The first-order valence-corrected chi connectivity index (χ1v) is 7.71. The van der Waals surface area contributed by atoms with E-state index >= 15 is 0 Å². The Bertz CT molecular complexity index is 769. The van der Waals surface area contributed by atoms with Crippen LogP contribution in [0.3, 0.4) is 0 Å². The molecule has 0 saturated heterocycles. The highest BCUT2D eigenvalue weighted by Crippen LogP contribution is 2.34. The van der Waals surface area contributed by atoms with Gasteiger partial charge in [-0.25, -0.2) is 0 Å². The van der Waals surface area contributed by atoms with Crippen molar-refractivity contribution in [1.82, 2.24) is 0 Å². The molecule has 0 nitrogen and oxygen atoms in total. The van der Waals surface area contributed by atoms with Crippen LogP contribution >= 0.6 is 11.6 Å². The van der Waals surface area contributed by atoms with Crippen LogP contribution in [-0.2, 0) is 0 Å². The van der Waals surface area contributed by atoms with E-state index in [9.17, 15) is 0 Å². The van der Waals surface area contributed by atoms with E-state index in [1.807, 2.05) is 48.5 Å². The summed E-state index contributed by atoms with van der Waals surface area (Å²) in [7, 11) is 0. The fourth-order valence-corrected chi connectivity index (χ4v) is 2.82. The molecule has 22 heavy (non-hydrogen) atoms. The first-order valence-electron chi connectivity index (χ1n) is 7.33. The lowest BCUT2D eigenvalue weighted by Gasteiger charge is -2.12. The van der Waals surface area contributed by atoms with Gasteiger partial charge in [0.25, 0.3) is 0 Å². The lowest BCUT2D eigenvalue weighted by atomic mass is 9.95. The molecule has 0 aliphatic heterocycles. The third kappa shape index (κ3) is 3.13. The minimum absolute atomic E-state index is 0.774. The van der Waals surface area contributed by atoms with Crippen molar-refractivity contribution >= 4 is 22.2 Å². The van der Waals surface area contributed by atoms with E-state index in [-0.39, 0.29) is 0 Å². The Morgan fingerprint density at radius 3 is 1.59 bits per heavy atom. The Morgan fingerprint density at radius 1 is 0.591 bits per heavy atom. The summed E-state index contributed by atoms with van der Waals surface area (Å²) in [6.07, 6.45) is 0. The Kier molecular flexibility index (Phi) is 4.41. The molecule has 1 heteroatoms. The average Bonchev–Trinajstić information content (AvgIpc) is 2.58. The zero-order valence-corrected chi connectivity index (χ0v) is 13.2. The average molecular weight is 305 g/mol. The third-order valence-corrected chi connectivity index (χ3v) is 4.06. The van der Waals surface area contributed by atoms with Crippen LogP contribution in [0.2, 0.25) is 0 Å². The summed E-state index contributed by atoms with van der Waals surface area (Å²) in [5.74, 6) is 0. The van der Waals surface area contributed by atoms with E-state index in [0.29, 0.717) is 0 Å². The van der Waals surface area contributed by atoms with Crippen molar-refractivity contribution in [3.8, 4) is 0 Å². The molecule has 0 aromatic heterocycles. The Balaban J connectivity index is 2.21. The summed E-state index contributed by atoms with van der Waals surface area (Å²) in [4.78, 5) is 0. The Labute approximate surface area is 136 Å². The quantitative estimate of drug-likeness (QED) is 0.509. The molecule has 0 fully saturated rings. The van der Waals surface area contributed by atoms with Gasteiger partial charge >= 0.3 is 0 Å². The van der Waals surface area contributed by atoms with Crippen LogP contribution in [0.25, 0.3) is 10.6 Å². The molecule has 0 N–H and O–H groups in total. The van der Waals surface area contributed by atoms with Gasteiger partial charge in [0.05, 0.1) is 5.03 Å². The van der Waals surface area contributed by atoms with Crippen LogP contribution in [0, 0.1) is 6.92 Å². The zero-order chi connectivity index (χ0) is 15.4. The fraction of sp³-hybridized carbons (Fsp3) is 0.0476. The molecular formula is C21H17Cl. The summed E-state index contributed by atoms with van der Waals surface area (Å²) in [6, 6.07) is 28.9. The van der Waals surface area contributed by atoms with Gasteiger partial charge in [0, 0.05) is 5.57 Å². The molecule has 3 aromatic rings. The molecule has 0 aliphatic carbocycles. The summed E-state index contributed by atoms with van der Waals surface area (Å²) in [5, 5.41) is 0.774. The second-order valence-corrected chi connectivity index (χ2v) is 5.67. The van der Waals surface area contributed by atoms with Gasteiger partial charge in [-0.2, -0.15) is 0 Å². The monoisotopic (exact) mass is 304 g/mol. The first-order chi connectivity index (χ1) is 10.8. The molecule has 0 bridgehead atoms. The van der Waals surface area contributed by atoms with E-state index in [1.165, 1.54) is 5.56 Å². The van der Waals surface area contributed by atoms with Crippen molar-refractivity contribution in [3.63, 3.8) is 0 Å².